The van der Waals surface area contributed by atoms with E-state index in [-0.39, 0.29) is 92.5 Å². The summed E-state index contributed by atoms with van der Waals surface area (Å²) in [6, 6.07) is 0. The van der Waals surface area contributed by atoms with Crippen LogP contribution in [0.25, 0.3) is 0 Å². The topological polar surface area (TPSA) is 0 Å². The smallest absolute Gasteiger partial charge is 0 e. The van der Waals surface area contributed by atoms with E-state index in [1.807, 2.05) is 0 Å². The number of rotatable bonds is 0. The summed E-state index contributed by atoms with van der Waals surface area (Å²) in [4.78, 5) is 0. The molecule has 0 nitrogen and oxygen atoms in total. The van der Waals surface area contributed by atoms with Gasteiger partial charge in [0.05, 0.1) is 0 Å². The molecule has 5 heavy (non-hydrogen) atoms. The van der Waals surface area contributed by atoms with Gasteiger partial charge in [0.25, 0.3) is 0 Å². The fraction of sp³-hybridized carbons (Fsp3) is 0. The van der Waals surface area contributed by atoms with Crippen molar-refractivity contribution >= 4 is 8.41 Å². The van der Waals surface area contributed by atoms with Crippen LogP contribution in [0.15, 0.2) is 0 Å². The second-order valence-electron chi connectivity index (χ2n) is 0. The average molecular weight is 630 g/mol. The Labute approximate surface area is 91.1 Å². The molecule has 5 radical (unpaired) electrons. The second-order valence-corrected chi connectivity index (χ2v) is 0. The maximum Gasteiger partial charge on any atom is 0 e. The Hall–Kier alpha value is 2.79. The van der Waals surface area contributed by atoms with E-state index in [1.54, 1.807) is 0 Å². The van der Waals surface area contributed by atoms with Crippen LogP contribution in [-0.2, 0) is 84.1 Å². The Morgan fingerprint density at radius 1 is 1.00 bits per heavy atom. The molecule has 0 fully saturated rings. The summed E-state index contributed by atoms with van der Waals surface area (Å²) in [6.07, 6.45) is 0. The minimum Gasteiger partial charge on any atom is 0 e. The predicted molar refractivity (Wildman–Crippen MR) is 5.75 cm³/mol. The Balaban J connectivity index is 0. The quantitative estimate of drug-likeness (QED) is 0.321. The molecule has 0 N–H and O–H groups in total. The minimum absolute atomic E-state index is 0. The van der Waals surface area contributed by atoms with Crippen LogP contribution in [0, 0.1) is 0 Å². The van der Waals surface area contributed by atoms with E-state index in [4.69, 9.17) is 0 Å². The van der Waals surface area contributed by atoms with Crippen molar-refractivity contribution in [3.63, 3.8) is 0 Å². The van der Waals surface area contributed by atoms with Gasteiger partial charge in [-0.05, 0) is 0 Å². The minimum atomic E-state index is 0. The third-order valence-electron chi connectivity index (χ3n) is 0. The summed E-state index contributed by atoms with van der Waals surface area (Å²) < 4.78 is 0. The van der Waals surface area contributed by atoms with Gasteiger partial charge in [0.2, 0.25) is 0 Å². The van der Waals surface area contributed by atoms with Gasteiger partial charge in [-0.15, -0.1) is 0 Å². The first-order valence-electron chi connectivity index (χ1n) is 0. The molecule has 0 aromatic heterocycles. The van der Waals surface area contributed by atoms with Crippen LogP contribution < -0.4 is 0 Å². The first kappa shape index (κ1) is 46.1. The van der Waals surface area contributed by atoms with Crippen LogP contribution in [0.1, 0.15) is 0 Å². The van der Waals surface area contributed by atoms with Gasteiger partial charge in [0.1, 0.15) is 0 Å². The van der Waals surface area contributed by atoms with E-state index in [2.05, 4.69) is 0 Å². The van der Waals surface area contributed by atoms with Crippen LogP contribution in [-0.4, -0.2) is 8.41 Å². The van der Waals surface area contributed by atoms with E-state index in [0.29, 0.717) is 0 Å². The molecule has 0 amide bonds. The summed E-state index contributed by atoms with van der Waals surface area (Å²) in [5.74, 6) is 0. The Kier molecular flexibility index (Phi) is 270. The van der Waals surface area contributed by atoms with Crippen LogP contribution in [0.5, 0.6) is 0 Å². The Bertz CT molecular complexity index is 11.6. The van der Waals surface area contributed by atoms with Crippen LogP contribution in [0.3, 0.4) is 0 Å². The molecule has 0 saturated carbocycles. The number of hydrogen-bond donors (Lipinski definition) is 0. The van der Waals surface area contributed by atoms with Crippen molar-refractivity contribution < 1.29 is 84.1 Å². The number of hydrogen-bond acceptors (Lipinski definition) is 0. The molecule has 0 rings (SSSR count). The standard InChI is InChI=1S/B.Co.Hf.Pt.Re. The molecular formula is BCoHfPtRe. The van der Waals surface area contributed by atoms with Crippen LogP contribution in [0.2, 0.25) is 0 Å². The van der Waals surface area contributed by atoms with Gasteiger partial charge >= 0.3 is 0 Å². The van der Waals surface area contributed by atoms with Gasteiger partial charge < -0.3 is 0 Å². The van der Waals surface area contributed by atoms with Gasteiger partial charge in [0, 0.05) is 92.5 Å². The molecule has 0 spiro atoms. The maximum absolute atomic E-state index is 0. The third kappa shape index (κ3) is 20.0. The van der Waals surface area contributed by atoms with Crippen molar-refractivity contribution in [3.8, 4) is 0 Å². The molecule has 0 bridgehead atoms. The maximum atomic E-state index is 0. The van der Waals surface area contributed by atoms with E-state index in [0.717, 1.165) is 0 Å². The Morgan fingerprint density at radius 2 is 1.00 bits per heavy atom. The molecule has 33 valence electrons. The summed E-state index contributed by atoms with van der Waals surface area (Å²) in [5.41, 5.74) is 0. The Morgan fingerprint density at radius 3 is 1.00 bits per heavy atom. The van der Waals surface area contributed by atoms with Crippen molar-refractivity contribution in [1.82, 2.24) is 0 Å². The molecule has 0 aromatic rings. The van der Waals surface area contributed by atoms with Gasteiger partial charge in [-0.1, -0.05) is 0 Å². The molecule has 0 saturated heterocycles. The van der Waals surface area contributed by atoms with Crippen LogP contribution >= 0.6 is 0 Å². The second kappa shape index (κ2) is 29.2. The molecule has 0 aliphatic heterocycles. The molecule has 0 atom stereocenters. The third-order valence-corrected chi connectivity index (χ3v) is 0. The molecule has 0 aliphatic carbocycles. The first-order chi connectivity index (χ1) is 0. The SMILES string of the molecule is [B].[Co].[Hf].[Pt].[Re]. The summed E-state index contributed by atoms with van der Waals surface area (Å²) in [5, 5.41) is 0. The molecule has 0 unspecified atom stereocenters. The molecule has 0 aromatic carbocycles. The van der Waals surface area contributed by atoms with E-state index in [1.165, 1.54) is 0 Å². The van der Waals surface area contributed by atoms with E-state index < -0.39 is 0 Å². The van der Waals surface area contributed by atoms with E-state index in [9.17, 15) is 0 Å². The van der Waals surface area contributed by atoms with E-state index >= 15 is 0 Å². The normalized spacial score (nSPS) is 0. The predicted octanol–water partition coefficient (Wildman–Crippen LogP) is -0.391. The van der Waals surface area contributed by atoms with Crippen molar-refractivity contribution in [3.05, 3.63) is 0 Å². The van der Waals surface area contributed by atoms with Crippen molar-refractivity contribution in [2.45, 2.75) is 0 Å². The zero-order valence-corrected chi connectivity index (χ0v) is 11.7. The summed E-state index contributed by atoms with van der Waals surface area (Å²) in [6.45, 7) is 0. The van der Waals surface area contributed by atoms with Gasteiger partial charge in [-0.25, -0.2) is 0 Å². The zero-order chi connectivity index (χ0) is 0. The first-order valence-corrected chi connectivity index (χ1v) is 0. The molecular weight excluding hydrogens is 630 g/mol. The average Bonchev–Trinajstić information content (AvgIpc) is 0. The van der Waals surface area contributed by atoms with Gasteiger partial charge in [-0.3, -0.25) is 0 Å². The van der Waals surface area contributed by atoms with Gasteiger partial charge in [0.15, 0.2) is 0 Å². The van der Waals surface area contributed by atoms with Crippen molar-refractivity contribution in [2.24, 2.45) is 0 Å². The monoisotopic (exact) mass is 632 g/mol. The summed E-state index contributed by atoms with van der Waals surface area (Å²) in [7, 11) is 0. The van der Waals surface area contributed by atoms with Gasteiger partial charge in [-0.2, -0.15) is 0 Å². The molecule has 5 heteroatoms. The molecule has 0 heterocycles. The van der Waals surface area contributed by atoms with Crippen molar-refractivity contribution in [1.29, 1.82) is 0 Å². The largest absolute Gasteiger partial charge is 0 e. The van der Waals surface area contributed by atoms with Crippen LogP contribution in [0.4, 0.5) is 0 Å². The molecule has 0 aliphatic rings. The fourth-order valence-electron chi connectivity index (χ4n) is 0. The zero-order valence-electron chi connectivity index (χ0n) is 2.10. The fourth-order valence-corrected chi connectivity index (χ4v) is 0. The summed E-state index contributed by atoms with van der Waals surface area (Å²) >= 11 is 0. The van der Waals surface area contributed by atoms with Crippen molar-refractivity contribution in [2.75, 3.05) is 0 Å².